The minimum atomic E-state index is 0.0374. The van der Waals surface area contributed by atoms with Gasteiger partial charge in [-0.3, -0.25) is 9.69 Å². The molecule has 3 saturated heterocycles. The van der Waals surface area contributed by atoms with Crippen molar-refractivity contribution in [2.24, 2.45) is 23.2 Å². The monoisotopic (exact) mass is 438 g/mol. The number of piperazine rings is 1. The van der Waals surface area contributed by atoms with E-state index >= 15 is 0 Å². The first-order chi connectivity index (χ1) is 15.4. The summed E-state index contributed by atoms with van der Waals surface area (Å²) in [4.78, 5) is 18.0. The SMILES string of the molecule is Cc1ccc(N2CCN(C[C@@H]3C(=O)O[C@@H]4C[C@@]5(C)CCC[C@@]6(CO6)[C@@H]5C[C@H]34)CC2)cc1C. The van der Waals surface area contributed by atoms with Crippen LogP contribution in [0.4, 0.5) is 5.69 Å². The fourth-order valence-corrected chi connectivity index (χ4v) is 7.55. The number of benzene rings is 1. The molecule has 0 radical (unpaired) electrons. The zero-order valence-electron chi connectivity index (χ0n) is 19.9. The van der Waals surface area contributed by atoms with Crippen LogP contribution in [0.25, 0.3) is 0 Å². The molecule has 32 heavy (non-hydrogen) atoms. The lowest BCUT2D eigenvalue weighted by atomic mass is 9.53. The number of nitrogens with zero attached hydrogens (tertiary/aromatic N) is 2. The van der Waals surface area contributed by atoms with Gasteiger partial charge in [-0.2, -0.15) is 0 Å². The Hall–Kier alpha value is -1.59. The molecule has 2 saturated carbocycles. The van der Waals surface area contributed by atoms with E-state index in [0.29, 0.717) is 11.8 Å². The summed E-state index contributed by atoms with van der Waals surface area (Å²) in [5, 5.41) is 0. The quantitative estimate of drug-likeness (QED) is 0.528. The van der Waals surface area contributed by atoms with Gasteiger partial charge in [0.15, 0.2) is 0 Å². The number of carbonyl (C=O) groups is 1. The van der Waals surface area contributed by atoms with Crippen molar-refractivity contribution in [3.8, 4) is 0 Å². The van der Waals surface area contributed by atoms with Gasteiger partial charge in [0.05, 0.1) is 18.1 Å². The first kappa shape index (κ1) is 21.0. The fourth-order valence-electron chi connectivity index (χ4n) is 7.55. The molecule has 5 aliphatic rings. The molecule has 0 aromatic heterocycles. The molecule has 5 nitrogen and oxygen atoms in total. The zero-order valence-corrected chi connectivity index (χ0v) is 19.9. The van der Waals surface area contributed by atoms with E-state index in [1.54, 1.807) is 0 Å². The van der Waals surface area contributed by atoms with Crippen LogP contribution in [0.2, 0.25) is 0 Å². The maximum absolute atomic E-state index is 13.0. The maximum Gasteiger partial charge on any atom is 0.310 e. The Bertz CT molecular complexity index is 904. The van der Waals surface area contributed by atoms with Gasteiger partial charge < -0.3 is 14.4 Å². The van der Waals surface area contributed by atoms with Crippen LogP contribution in [0.5, 0.6) is 0 Å². The Morgan fingerprint density at radius 3 is 2.59 bits per heavy atom. The summed E-state index contributed by atoms with van der Waals surface area (Å²) >= 11 is 0. The van der Waals surface area contributed by atoms with Crippen LogP contribution in [0.15, 0.2) is 18.2 Å². The van der Waals surface area contributed by atoms with E-state index in [2.05, 4.69) is 48.8 Å². The van der Waals surface area contributed by atoms with Gasteiger partial charge in [-0.05, 0) is 80.5 Å². The number of hydrogen-bond acceptors (Lipinski definition) is 5. The zero-order chi connectivity index (χ0) is 22.1. The molecule has 0 bridgehead atoms. The van der Waals surface area contributed by atoms with Crippen molar-refractivity contribution in [2.75, 3.05) is 44.2 Å². The lowest BCUT2D eigenvalue weighted by molar-refractivity contribution is -0.147. The van der Waals surface area contributed by atoms with Gasteiger partial charge in [0.1, 0.15) is 6.10 Å². The summed E-state index contributed by atoms with van der Waals surface area (Å²) in [6, 6.07) is 6.78. The van der Waals surface area contributed by atoms with Gasteiger partial charge in [0, 0.05) is 44.3 Å². The topological polar surface area (TPSA) is 45.3 Å². The number of rotatable bonds is 3. The number of carbonyl (C=O) groups excluding carboxylic acids is 1. The number of fused-ring (bicyclic) bond motifs is 3. The summed E-state index contributed by atoms with van der Waals surface area (Å²) in [7, 11) is 0. The van der Waals surface area contributed by atoms with Crippen LogP contribution in [-0.2, 0) is 14.3 Å². The molecule has 6 atom stereocenters. The number of ether oxygens (including phenoxy) is 2. The second-order valence-electron chi connectivity index (χ2n) is 11.7. The molecule has 1 aromatic carbocycles. The molecule has 174 valence electrons. The molecule has 3 aliphatic heterocycles. The van der Waals surface area contributed by atoms with Crippen LogP contribution in [0.1, 0.15) is 50.2 Å². The van der Waals surface area contributed by atoms with E-state index in [9.17, 15) is 4.79 Å². The largest absolute Gasteiger partial charge is 0.462 e. The van der Waals surface area contributed by atoms with Crippen LogP contribution in [0.3, 0.4) is 0 Å². The second kappa shape index (κ2) is 7.46. The highest BCUT2D eigenvalue weighted by molar-refractivity contribution is 5.75. The average molecular weight is 439 g/mol. The summed E-state index contributed by atoms with van der Waals surface area (Å²) in [6.07, 6.45) is 6.00. The normalized spacial score (nSPS) is 41.3. The van der Waals surface area contributed by atoms with E-state index in [1.807, 2.05) is 0 Å². The van der Waals surface area contributed by atoms with Crippen molar-refractivity contribution in [1.82, 2.24) is 4.90 Å². The molecule has 5 fully saturated rings. The summed E-state index contributed by atoms with van der Waals surface area (Å²) in [6.45, 7) is 12.7. The van der Waals surface area contributed by atoms with Gasteiger partial charge in [-0.25, -0.2) is 0 Å². The highest BCUT2D eigenvalue weighted by Gasteiger charge is 2.65. The van der Waals surface area contributed by atoms with Crippen LogP contribution in [-0.4, -0.2) is 61.9 Å². The standard InChI is InChI=1S/C27H38N2O3/c1-18-5-6-20(13-19(18)2)29-11-9-28(10-12-29)16-22-21-14-24-26(3,15-23(21)32-25(22)30)7-4-8-27(24)17-31-27/h5-6,13,21-24H,4,7-12,14-17H2,1-3H3/t21-,22+,23-,24-,26-,27-/m1/s1. The van der Waals surface area contributed by atoms with Crippen molar-refractivity contribution < 1.29 is 14.3 Å². The first-order valence-corrected chi connectivity index (χ1v) is 12.8. The predicted molar refractivity (Wildman–Crippen MR) is 125 cm³/mol. The van der Waals surface area contributed by atoms with E-state index in [0.717, 1.165) is 52.2 Å². The van der Waals surface area contributed by atoms with Gasteiger partial charge in [-0.1, -0.05) is 13.0 Å². The molecule has 0 amide bonds. The number of esters is 1. The third-order valence-electron chi connectivity index (χ3n) is 9.76. The van der Waals surface area contributed by atoms with Gasteiger partial charge in [0.25, 0.3) is 0 Å². The van der Waals surface area contributed by atoms with Crippen LogP contribution >= 0.6 is 0 Å². The van der Waals surface area contributed by atoms with Crippen molar-refractivity contribution in [3.63, 3.8) is 0 Å². The minimum absolute atomic E-state index is 0.0374. The third-order valence-corrected chi connectivity index (χ3v) is 9.76. The Kier molecular flexibility index (Phi) is 4.89. The number of anilines is 1. The van der Waals surface area contributed by atoms with Gasteiger partial charge in [-0.15, -0.1) is 0 Å². The lowest BCUT2D eigenvalue weighted by Crippen LogP contribution is -2.52. The highest BCUT2D eigenvalue weighted by atomic mass is 16.6. The van der Waals surface area contributed by atoms with Crippen LogP contribution in [0, 0.1) is 37.0 Å². The Labute approximate surface area is 192 Å². The van der Waals surface area contributed by atoms with Gasteiger partial charge >= 0.3 is 5.97 Å². The van der Waals surface area contributed by atoms with E-state index < -0.39 is 0 Å². The smallest absolute Gasteiger partial charge is 0.310 e. The van der Waals surface area contributed by atoms with Gasteiger partial charge in [0.2, 0.25) is 0 Å². The van der Waals surface area contributed by atoms with Crippen molar-refractivity contribution in [2.45, 2.75) is 64.6 Å². The number of epoxide rings is 1. The molecule has 0 N–H and O–H groups in total. The Morgan fingerprint density at radius 2 is 1.88 bits per heavy atom. The average Bonchev–Trinajstić information content (AvgIpc) is 3.47. The lowest BCUT2D eigenvalue weighted by Gasteiger charge is -2.51. The fraction of sp³-hybridized carbons (Fsp3) is 0.741. The predicted octanol–water partition coefficient (Wildman–Crippen LogP) is 3.95. The summed E-state index contributed by atoms with van der Waals surface area (Å²) in [5.41, 5.74) is 4.44. The molecule has 6 rings (SSSR count). The molecule has 1 spiro atoms. The molecule has 3 heterocycles. The number of hydrogen-bond donors (Lipinski definition) is 0. The second-order valence-corrected chi connectivity index (χ2v) is 11.7. The van der Waals surface area contributed by atoms with Crippen molar-refractivity contribution in [1.29, 1.82) is 0 Å². The first-order valence-electron chi connectivity index (χ1n) is 12.8. The Balaban J connectivity index is 1.11. The third kappa shape index (κ3) is 3.38. The van der Waals surface area contributed by atoms with Crippen LogP contribution < -0.4 is 4.90 Å². The van der Waals surface area contributed by atoms with E-state index in [-0.39, 0.29) is 29.0 Å². The highest BCUT2D eigenvalue weighted by Crippen LogP contribution is 2.62. The van der Waals surface area contributed by atoms with Crippen molar-refractivity contribution >= 4 is 11.7 Å². The summed E-state index contributed by atoms with van der Waals surface area (Å²) in [5.74, 6) is 1.07. The molecular formula is C27H38N2O3. The number of aryl methyl sites for hydroxylation is 2. The van der Waals surface area contributed by atoms with Crippen molar-refractivity contribution in [3.05, 3.63) is 29.3 Å². The molecule has 0 unspecified atom stereocenters. The molecule has 5 heteroatoms. The van der Waals surface area contributed by atoms with E-state index in [4.69, 9.17) is 9.47 Å². The summed E-state index contributed by atoms with van der Waals surface area (Å²) < 4.78 is 12.1. The maximum atomic E-state index is 13.0. The minimum Gasteiger partial charge on any atom is -0.462 e. The molecular weight excluding hydrogens is 400 g/mol. The molecule has 2 aliphatic carbocycles. The Morgan fingerprint density at radius 1 is 1.09 bits per heavy atom. The molecule has 1 aromatic rings. The van der Waals surface area contributed by atoms with E-state index in [1.165, 1.54) is 36.1 Å².